The van der Waals surface area contributed by atoms with E-state index in [0.717, 1.165) is 70.8 Å². The summed E-state index contributed by atoms with van der Waals surface area (Å²) in [6.45, 7) is 3.36. The van der Waals surface area contributed by atoms with Gasteiger partial charge in [0.05, 0.1) is 29.1 Å². The quantitative estimate of drug-likeness (QED) is 0.136. The summed E-state index contributed by atoms with van der Waals surface area (Å²) in [4.78, 5) is 2.54. The summed E-state index contributed by atoms with van der Waals surface area (Å²) in [7, 11) is 2.32. The van der Waals surface area contributed by atoms with Gasteiger partial charge < -0.3 is 14.8 Å². The highest BCUT2D eigenvalue weighted by atomic mass is 32.2. The number of rotatable bonds is 8. The number of allylic oxidation sites excluding steroid dienone is 13. The van der Waals surface area contributed by atoms with E-state index in [4.69, 9.17) is 0 Å². The number of aromatic nitrogens is 1. The smallest absolute Gasteiger partial charge is 0.0902 e. The van der Waals surface area contributed by atoms with E-state index in [9.17, 15) is 0 Å². The molecule has 1 fully saturated rings. The zero-order valence-corrected chi connectivity index (χ0v) is 41.5. The molecule has 7 atom stereocenters. The van der Waals surface area contributed by atoms with Crippen LogP contribution < -0.4 is 10.6 Å². The monoisotopic (exact) mass is 932 g/mol. The minimum absolute atomic E-state index is 0.0316. The standard InChI is InChI=1S/C65H64N4S/c1-65(50-25-11-5-12-26-50)40-47(43-19-7-3-8-20-43)35-48(41-65)49-37-56(58-33-32-57(44-21-9-4-10-22-44)67-64(68(58)2)45-23-15-16-24-45)63(66-42-49)46-31-34-61-54(36-46)55-38-53-52-29-17-18-30-59(52)69(51-27-13-6-14-28-51)60(53)39-62(55)70-61/h3-4,6-7,9-11,13-15,17-19,21-23,25-32,36-38,40,45,48,57,61-62,64,66-67H,5,8,12,16,20,24,34-35,39,41-42H2,1-2H3. The Bertz CT molecular complexity index is 3200. The van der Waals surface area contributed by atoms with Gasteiger partial charge in [-0.25, -0.2) is 0 Å². The van der Waals surface area contributed by atoms with Gasteiger partial charge in [0.1, 0.15) is 0 Å². The number of nitrogens with zero attached hydrogens (tertiary/aromatic N) is 2. The van der Waals surface area contributed by atoms with Gasteiger partial charge in [0.25, 0.3) is 0 Å². The first-order valence-electron chi connectivity index (χ1n) is 26.2. The van der Waals surface area contributed by atoms with Crippen molar-refractivity contribution in [2.24, 2.45) is 17.3 Å². The fraction of sp³-hybridized carbons (Fsp3) is 0.308. The molecule has 0 radical (unpaired) electrons. The molecule has 1 aromatic heterocycles. The first-order valence-corrected chi connectivity index (χ1v) is 27.2. The maximum atomic E-state index is 4.23. The number of thioether (sulfide) groups is 1. The van der Waals surface area contributed by atoms with Gasteiger partial charge in [0, 0.05) is 69.8 Å². The van der Waals surface area contributed by atoms with Crippen molar-refractivity contribution in [3.8, 4) is 5.69 Å². The average Bonchev–Trinajstić information content (AvgIpc) is 4.13. The number of benzene rings is 3. The molecule has 3 aliphatic heterocycles. The number of para-hydroxylation sites is 2. The minimum atomic E-state index is -0.0316. The molecule has 5 heteroatoms. The Hall–Kier alpha value is -6.23. The Morgan fingerprint density at radius 2 is 1.64 bits per heavy atom. The van der Waals surface area contributed by atoms with Gasteiger partial charge in [-0.15, -0.1) is 11.8 Å². The fourth-order valence-electron chi connectivity index (χ4n) is 13.4. The molecule has 13 rings (SSSR count). The molecule has 9 aliphatic rings. The highest BCUT2D eigenvalue weighted by molar-refractivity contribution is 8.01. The van der Waals surface area contributed by atoms with E-state index >= 15 is 0 Å². The van der Waals surface area contributed by atoms with Gasteiger partial charge in [0.2, 0.25) is 0 Å². The second kappa shape index (κ2) is 18.2. The van der Waals surface area contributed by atoms with Gasteiger partial charge in [-0.2, -0.15) is 0 Å². The lowest BCUT2D eigenvalue weighted by molar-refractivity contribution is 0.198. The van der Waals surface area contributed by atoms with Crippen molar-refractivity contribution in [1.29, 1.82) is 0 Å². The molecule has 6 aliphatic carbocycles. The molecule has 0 spiro atoms. The molecule has 3 aromatic carbocycles. The van der Waals surface area contributed by atoms with Gasteiger partial charge in [-0.3, -0.25) is 5.32 Å². The molecule has 70 heavy (non-hydrogen) atoms. The molecule has 0 bridgehead atoms. The van der Waals surface area contributed by atoms with Gasteiger partial charge in [-0.1, -0.05) is 140 Å². The fourth-order valence-corrected chi connectivity index (χ4v) is 14.9. The van der Waals surface area contributed by atoms with Crippen LogP contribution in [0.1, 0.15) is 87.6 Å². The van der Waals surface area contributed by atoms with E-state index in [1.165, 1.54) is 83.8 Å². The minimum Gasteiger partial charge on any atom is -0.380 e. The lowest BCUT2D eigenvalue weighted by atomic mass is 9.64. The first-order chi connectivity index (χ1) is 34.5. The lowest BCUT2D eigenvalue weighted by Gasteiger charge is -2.42. The molecule has 2 N–H and O–H groups in total. The summed E-state index contributed by atoms with van der Waals surface area (Å²) in [6.07, 6.45) is 45.7. The predicted octanol–water partition coefficient (Wildman–Crippen LogP) is 14.6. The van der Waals surface area contributed by atoms with Crippen molar-refractivity contribution in [3.63, 3.8) is 0 Å². The van der Waals surface area contributed by atoms with Crippen LogP contribution in [-0.2, 0) is 6.42 Å². The summed E-state index contributed by atoms with van der Waals surface area (Å²) in [5.41, 5.74) is 24.7. The molecule has 1 saturated heterocycles. The number of nitrogens with one attached hydrogen (secondary N) is 2. The number of hydrogen-bond acceptors (Lipinski definition) is 4. The van der Waals surface area contributed by atoms with Crippen LogP contribution in [0.5, 0.6) is 0 Å². The van der Waals surface area contributed by atoms with Gasteiger partial charge in [-0.05, 0) is 151 Å². The summed E-state index contributed by atoms with van der Waals surface area (Å²) in [6, 6.07) is 31.0. The zero-order chi connectivity index (χ0) is 46.8. The SMILES string of the molecule is CN1C(C2=C(C3=CCC4SC5Cc6c(c7ccccc7n6-c6ccccc6)C=C5C4=C3)NCC(C3CC(C4=CC=CCC4)=CC(C)(C4=CCCC=C4)C3)=C2)=C=CC(c2ccccc2)NC1C1C=CCC1. The van der Waals surface area contributed by atoms with Crippen molar-refractivity contribution in [3.05, 3.63) is 242 Å². The highest BCUT2D eigenvalue weighted by Gasteiger charge is 2.42. The van der Waals surface area contributed by atoms with Crippen molar-refractivity contribution < 1.29 is 0 Å². The van der Waals surface area contributed by atoms with Gasteiger partial charge in [0.15, 0.2) is 0 Å². The topological polar surface area (TPSA) is 32.2 Å². The zero-order valence-electron chi connectivity index (χ0n) is 40.7. The van der Waals surface area contributed by atoms with E-state index in [2.05, 4.69) is 222 Å². The van der Waals surface area contributed by atoms with E-state index in [-0.39, 0.29) is 17.6 Å². The summed E-state index contributed by atoms with van der Waals surface area (Å²) >= 11 is 2.18. The molecule has 4 nitrogen and oxygen atoms in total. The van der Waals surface area contributed by atoms with Crippen LogP contribution in [0.4, 0.5) is 0 Å². The molecule has 4 heterocycles. The van der Waals surface area contributed by atoms with Crippen LogP contribution in [0.3, 0.4) is 0 Å². The largest absolute Gasteiger partial charge is 0.380 e. The Balaban J connectivity index is 0.946. The van der Waals surface area contributed by atoms with Crippen LogP contribution >= 0.6 is 11.8 Å². The number of hydrogen-bond donors (Lipinski definition) is 2. The molecular formula is C65H64N4S. The molecule has 0 saturated carbocycles. The molecule has 4 aromatic rings. The third-order valence-corrected chi connectivity index (χ3v) is 18.4. The Kier molecular flexibility index (Phi) is 11.4. The maximum absolute atomic E-state index is 4.23. The van der Waals surface area contributed by atoms with E-state index in [1.807, 2.05) is 0 Å². The van der Waals surface area contributed by atoms with Crippen molar-refractivity contribution in [2.45, 2.75) is 93.8 Å². The van der Waals surface area contributed by atoms with Crippen LogP contribution in [0.2, 0.25) is 0 Å². The van der Waals surface area contributed by atoms with Crippen LogP contribution in [0.25, 0.3) is 22.7 Å². The third kappa shape index (κ3) is 7.82. The molecule has 350 valence electrons. The normalized spacial score (nSPS) is 29.1. The third-order valence-electron chi connectivity index (χ3n) is 16.9. The van der Waals surface area contributed by atoms with Crippen LogP contribution in [0.15, 0.2) is 226 Å². The highest BCUT2D eigenvalue weighted by Crippen LogP contribution is 2.54. The maximum Gasteiger partial charge on any atom is 0.0902 e. The van der Waals surface area contributed by atoms with Crippen molar-refractivity contribution in [2.75, 3.05) is 13.6 Å². The van der Waals surface area contributed by atoms with E-state index in [0.29, 0.717) is 22.3 Å². The predicted molar refractivity (Wildman–Crippen MR) is 293 cm³/mol. The van der Waals surface area contributed by atoms with Crippen LogP contribution in [-0.4, -0.2) is 39.7 Å². The Labute approximate surface area is 419 Å². The van der Waals surface area contributed by atoms with E-state index < -0.39 is 0 Å². The number of fused-ring (bicyclic) bond motifs is 6. The van der Waals surface area contributed by atoms with Crippen molar-refractivity contribution >= 4 is 28.7 Å². The number of likely N-dealkylation sites (N-methyl/N-ethyl adjacent to an activating group) is 1. The second-order valence-corrected chi connectivity index (χ2v) is 22.7. The summed E-state index contributed by atoms with van der Waals surface area (Å²) < 4.78 is 2.53. The second-order valence-electron chi connectivity index (χ2n) is 21.3. The lowest BCUT2D eigenvalue weighted by Crippen LogP contribution is -2.48. The average molecular weight is 933 g/mol. The summed E-state index contributed by atoms with van der Waals surface area (Å²) in [5.74, 6) is 0.793. The molecule has 7 unspecified atom stereocenters. The summed E-state index contributed by atoms with van der Waals surface area (Å²) in [5, 5.41) is 10.6. The van der Waals surface area contributed by atoms with Gasteiger partial charge >= 0.3 is 0 Å². The van der Waals surface area contributed by atoms with E-state index in [1.54, 1.807) is 5.57 Å². The molecule has 0 amide bonds. The number of dihydropyridines is 1. The van der Waals surface area contributed by atoms with Crippen molar-refractivity contribution in [1.82, 2.24) is 20.1 Å². The Morgan fingerprint density at radius 1 is 0.800 bits per heavy atom. The van der Waals surface area contributed by atoms with Crippen LogP contribution in [0, 0.1) is 17.3 Å². The first kappa shape index (κ1) is 43.8. The molecular weight excluding hydrogens is 869 g/mol. The Morgan fingerprint density at radius 3 is 2.46 bits per heavy atom.